The van der Waals surface area contributed by atoms with Gasteiger partial charge in [-0.05, 0) is 32.1 Å². The van der Waals surface area contributed by atoms with Crippen LogP contribution in [0.25, 0.3) is 0 Å². The van der Waals surface area contributed by atoms with Gasteiger partial charge in [-0.25, -0.2) is 0 Å². The second-order valence-corrected chi connectivity index (χ2v) is 10.2. The molecule has 0 aliphatic rings. The molecule has 0 aromatic heterocycles. The van der Waals surface area contributed by atoms with E-state index in [0.29, 0.717) is 19.6 Å². The maximum atomic E-state index is 8.81. The van der Waals surface area contributed by atoms with E-state index in [4.69, 9.17) is 14.4 Å². The van der Waals surface area contributed by atoms with E-state index < -0.39 is 8.32 Å². The Bertz CT molecular complexity index is 417. The molecule has 4 heteroatoms. The van der Waals surface area contributed by atoms with Crippen LogP contribution in [0, 0.1) is 18.3 Å². The van der Waals surface area contributed by atoms with Gasteiger partial charge >= 0.3 is 0 Å². The first-order valence-corrected chi connectivity index (χ1v) is 9.99. The fraction of sp³-hybridized carbons (Fsp3) is 0.533. The largest absolute Gasteiger partial charge is 0.411 e. The molecule has 1 aromatic rings. The van der Waals surface area contributed by atoms with Gasteiger partial charge in [-0.3, -0.25) is 0 Å². The molecule has 1 aromatic carbocycles. The van der Waals surface area contributed by atoms with Crippen LogP contribution in [0.1, 0.15) is 17.5 Å². The Labute approximate surface area is 117 Å². The van der Waals surface area contributed by atoms with E-state index in [2.05, 4.69) is 56.9 Å². The van der Waals surface area contributed by atoms with Gasteiger partial charge in [0.05, 0.1) is 31.8 Å². The van der Waals surface area contributed by atoms with Crippen LogP contribution < -0.4 is 0 Å². The van der Waals surface area contributed by atoms with E-state index in [1.165, 1.54) is 5.56 Å². The lowest BCUT2D eigenvalue weighted by molar-refractivity contribution is 0.0397. The summed E-state index contributed by atoms with van der Waals surface area (Å²) in [5, 5.41) is 8.81. The number of ether oxygens (including phenoxy) is 1. The number of hydrogen-bond acceptors (Lipinski definition) is 3. The summed E-state index contributed by atoms with van der Waals surface area (Å²) in [6, 6.07) is 10.4. The van der Waals surface area contributed by atoms with Crippen LogP contribution in [-0.4, -0.2) is 21.0 Å². The quantitative estimate of drug-likeness (QED) is 0.714. The number of nitrogens with zero attached hydrogens (tertiary/aromatic N) is 1. The molecule has 0 spiro atoms. The van der Waals surface area contributed by atoms with Gasteiger partial charge < -0.3 is 9.16 Å². The van der Waals surface area contributed by atoms with Gasteiger partial charge in [0, 0.05) is 0 Å². The number of rotatable bonds is 7. The molecule has 3 nitrogen and oxygen atoms in total. The third-order valence-electron chi connectivity index (χ3n) is 2.53. The summed E-state index contributed by atoms with van der Waals surface area (Å²) in [5.41, 5.74) is 2.39. The highest BCUT2D eigenvalue weighted by molar-refractivity contribution is 6.69. The van der Waals surface area contributed by atoms with Crippen LogP contribution in [-0.2, 0) is 15.8 Å². The first kappa shape index (κ1) is 15.9. The minimum atomic E-state index is -1.63. The molecular weight excluding hydrogens is 254 g/mol. The molecule has 0 saturated carbocycles. The van der Waals surface area contributed by atoms with Gasteiger partial charge in [0.1, 0.15) is 0 Å². The second-order valence-electron chi connectivity index (χ2n) is 5.72. The zero-order valence-corrected chi connectivity index (χ0v) is 13.3. The highest BCUT2D eigenvalue weighted by Gasteiger charge is 2.21. The standard InChI is InChI=1S/C15H23NO2Si/c1-13-5-7-14(8-6-13)11-17-12-15(9-10-16)18-19(2,3)4/h5-8,15H,9,11-12H2,1-4H3. The second kappa shape index (κ2) is 7.44. The van der Waals surface area contributed by atoms with E-state index in [0.717, 1.165) is 5.56 Å². The third-order valence-corrected chi connectivity index (χ3v) is 3.57. The summed E-state index contributed by atoms with van der Waals surface area (Å²) in [4.78, 5) is 0. The molecule has 0 saturated heterocycles. The molecule has 104 valence electrons. The predicted octanol–water partition coefficient (Wildman–Crippen LogP) is 3.65. The Kier molecular flexibility index (Phi) is 6.23. The van der Waals surface area contributed by atoms with Crippen LogP contribution in [0.5, 0.6) is 0 Å². The average molecular weight is 277 g/mol. The molecule has 0 fully saturated rings. The number of benzene rings is 1. The van der Waals surface area contributed by atoms with E-state index in [1.807, 2.05) is 0 Å². The SMILES string of the molecule is Cc1ccc(COCC(CC#N)O[Si](C)(C)C)cc1. The fourth-order valence-electron chi connectivity index (χ4n) is 1.73. The first-order valence-electron chi connectivity index (χ1n) is 6.59. The van der Waals surface area contributed by atoms with E-state index in [9.17, 15) is 0 Å². The molecule has 19 heavy (non-hydrogen) atoms. The van der Waals surface area contributed by atoms with Gasteiger partial charge in [-0.1, -0.05) is 29.8 Å². The van der Waals surface area contributed by atoms with Crippen molar-refractivity contribution < 1.29 is 9.16 Å². The van der Waals surface area contributed by atoms with Crippen molar-refractivity contribution in [1.29, 1.82) is 5.26 Å². The Hall–Kier alpha value is -1.15. The van der Waals surface area contributed by atoms with Crippen molar-refractivity contribution >= 4 is 8.32 Å². The van der Waals surface area contributed by atoms with Crippen molar-refractivity contribution in [2.24, 2.45) is 0 Å². The molecule has 0 heterocycles. The van der Waals surface area contributed by atoms with Crippen LogP contribution in [0.2, 0.25) is 19.6 Å². The lowest BCUT2D eigenvalue weighted by Crippen LogP contribution is -2.34. The van der Waals surface area contributed by atoms with E-state index >= 15 is 0 Å². The Morgan fingerprint density at radius 1 is 1.21 bits per heavy atom. The van der Waals surface area contributed by atoms with Crippen molar-refractivity contribution in [2.45, 2.75) is 45.7 Å². The Morgan fingerprint density at radius 3 is 2.37 bits per heavy atom. The molecule has 1 atom stereocenters. The molecule has 0 N–H and O–H groups in total. The smallest absolute Gasteiger partial charge is 0.184 e. The van der Waals surface area contributed by atoms with Crippen molar-refractivity contribution in [3.05, 3.63) is 35.4 Å². The summed E-state index contributed by atoms with van der Waals surface area (Å²) < 4.78 is 11.6. The minimum absolute atomic E-state index is 0.109. The van der Waals surface area contributed by atoms with Gasteiger partial charge in [-0.2, -0.15) is 5.26 Å². The normalized spacial score (nSPS) is 13.0. The third kappa shape index (κ3) is 7.11. The molecule has 0 amide bonds. The molecule has 1 unspecified atom stereocenters. The fourth-order valence-corrected chi connectivity index (χ4v) is 2.88. The monoisotopic (exact) mass is 277 g/mol. The van der Waals surface area contributed by atoms with Gasteiger partial charge in [0.15, 0.2) is 8.32 Å². The predicted molar refractivity (Wildman–Crippen MR) is 79.3 cm³/mol. The average Bonchev–Trinajstić information content (AvgIpc) is 2.30. The molecule has 0 bridgehead atoms. The van der Waals surface area contributed by atoms with Crippen molar-refractivity contribution in [3.63, 3.8) is 0 Å². The van der Waals surface area contributed by atoms with Crippen molar-refractivity contribution in [1.82, 2.24) is 0 Å². The highest BCUT2D eigenvalue weighted by atomic mass is 28.4. The maximum absolute atomic E-state index is 8.81. The van der Waals surface area contributed by atoms with Gasteiger partial charge in [-0.15, -0.1) is 0 Å². The van der Waals surface area contributed by atoms with Gasteiger partial charge in [0.25, 0.3) is 0 Å². The van der Waals surface area contributed by atoms with Crippen LogP contribution in [0.15, 0.2) is 24.3 Å². The number of nitriles is 1. The lowest BCUT2D eigenvalue weighted by Gasteiger charge is -2.24. The van der Waals surface area contributed by atoms with Crippen molar-refractivity contribution in [2.75, 3.05) is 6.61 Å². The number of aryl methyl sites for hydroxylation is 1. The topological polar surface area (TPSA) is 42.2 Å². The van der Waals surface area contributed by atoms with Crippen molar-refractivity contribution in [3.8, 4) is 6.07 Å². The zero-order chi connectivity index (χ0) is 14.3. The number of hydrogen-bond donors (Lipinski definition) is 0. The molecular formula is C15H23NO2Si. The molecule has 1 rings (SSSR count). The maximum Gasteiger partial charge on any atom is 0.184 e. The summed E-state index contributed by atoms with van der Waals surface area (Å²) in [7, 11) is -1.63. The summed E-state index contributed by atoms with van der Waals surface area (Å²) in [5.74, 6) is 0. The van der Waals surface area contributed by atoms with E-state index in [-0.39, 0.29) is 6.10 Å². The Balaban J connectivity index is 2.40. The molecule has 0 aliphatic heterocycles. The summed E-state index contributed by atoms with van der Waals surface area (Å²) in [6.07, 6.45) is 0.278. The molecule has 0 aliphatic carbocycles. The minimum Gasteiger partial charge on any atom is -0.411 e. The van der Waals surface area contributed by atoms with Crippen LogP contribution >= 0.6 is 0 Å². The van der Waals surface area contributed by atoms with Crippen LogP contribution in [0.3, 0.4) is 0 Å². The van der Waals surface area contributed by atoms with E-state index in [1.54, 1.807) is 0 Å². The van der Waals surface area contributed by atoms with Gasteiger partial charge in [0.2, 0.25) is 0 Å². The first-order chi connectivity index (χ1) is 8.90. The lowest BCUT2D eigenvalue weighted by atomic mass is 10.2. The van der Waals surface area contributed by atoms with Crippen LogP contribution in [0.4, 0.5) is 0 Å². The Morgan fingerprint density at radius 2 is 1.84 bits per heavy atom. The highest BCUT2D eigenvalue weighted by Crippen LogP contribution is 2.11. The zero-order valence-electron chi connectivity index (χ0n) is 12.3. The summed E-state index contributed by atoms with van der Waals surface area (Å²) in [6.45, 7) is 9.48. The summed E-state index contributed by atoms with van der Waals surface area (Å²) >= 11 is 0. The molecule has 0 radical (unpaired) electrons.